The molecule has 7 heteroatoms. The molecule has 2 aromatic rings. The van der Waals surface area contributed by atoms with Crippen LogP contribution in [0.2, 0.25) is 0 Å². The lowest BCUT2D eigenvalue weighted by Gasteiger charge is -2.26. The molecule has 6 nitrogen and oxygen atoms in total. The SMILES string of the molecule is Cc1ccc(/C=C/S(=O)(=O)NCc2ccnc(N3CCCCC3)n2)cc1. The van der Waals surface area contributed by atoms with Crippen LogP contribution in [-0.2, 0) is 16.6 Å². The Labute approximate surface area is 155 Å². The lowest BCUT2D eigenvalue weighted by atomic mass is 10.1. The Morgan fingerprint density at radius 1 is 1.12 bits per heavy atom. The third-order valence-corrected chi connectivity index (χ3v) is 5.35. The molecule has 1 saturated heterocycles. The minimum Gasteiger partial charge on any atom is -0.341 e. The number of nitrogens with zero attached hydrogens (tertiary/aromatic N) is 3. The number of hydrogen-bond donors (Lipinski definition) is 1. The molecule has 1 aliphatic heterocycles. The van der Waals surface area contributed by atoms with Crippen LogP contribution in [0.1, 0.15) is 36.1 Å². The highest BCUT2D eigenvalue weighted by Gasteiger charge is 2.14. The number of anilines is 1. The summed E-state index contributed by atoms with van der Waals surface area (Å²) in [7, 11) is -3.53. The van der Waals surface area contributed by atoms with Crippen LogP contribution in [0.25, 0.3) is 6.08 Å². The monoisotopic (exact) mass is 372 g/mol. The van der Waals surface area contributed by atoms with Crippen LogP contribution in [0, 0.1) is 6.92 Å². The summed E-state index contributed by atoms with van der Waals surface area (Å²) in [6.07, 6.45) is 6.79. The number of benzene rings is 1. The maximum absolute atomic E-state index is 12.2. The Balaban J connectivity index is 1.61. The van der Waals surface area contributed by atoms with Crippen molar-refractivity contribution in [2.75, 3.05) is 18.0 Å². The fourth-order valence-electron chi connectivity index (χ4n) is 2.80. The highest BCUT2D eigenvalue weighted by molar-refractivity contribution is 7.92. The molecule has 1 fully saturated rings. The van der Waals surface area contributed by atoms with E-state index in [0.717, 1.165) is 37.1 Å². The molecule has 0 bridgehead atoms. The van der Waals surface area contributed by atoms with Gasteiger partial charge in [-0.05, 0) is 43.9 Å². The molecule has 138 valence electrons. The van der Waals surface area contributed by atoms with Gasteiger partial charge in [-0.2, -0.15) is 0 Å². The second-order valence-electron chi connectivity index (χ2n) is 6.48. The van der Waals surface area contributed by atoms with Gasteiger partial charge in [-0.3, -0.25) is 0 Å². The van der Waals surface area contributed by atoms with Crippen molar-refractivity contribution in [1.82, 2.24) is 14.7 Å². The molecule has 0 spiro atoms. The number of rotatable bonds is 6. The molecule has 0 amide bonds. The predicted molar refractivity (Wildman–Crippen MR) is 104 cm³/mol. The van der Waals surface area contributed by atoms with Gasteiger partial charge >= 0.3 is 0 Å². The van der Waals surface area contributed by atoms with Crippen LogP contribution in [0.5, 0.6) is 0 Å². The van der Waals surface area contributed by atoms with E-state index < -0.39 is 10.0 Å². The van der Waals surface area contributed by atoms with Gasteiger partial charge in [0.25, 0.3) is 0 Å². The standard InChI is InChI=1S/C19H24N4O2S/c1-16-5-7-17(8-6-16)10-14-26(24,25)21-15-18-9-11-20-19(22-18)23-12-3-2-4-13-23/h5-11,14,21H,2-4,12-13,15H2,1H3/b14-10+. The first-order valence-corrected chi connectivity index (χ1v) is 10.4. The van der Waals surface area contributed by atoms with Gasteiger partial charge in [0.2, 0.25) is 16.0 Å². The second kappa shape index (κ2) is 8.42. The smallest absolute Gasteiger partial charge is 0.234 e. The van der Waals surface area contributed by atoms with Crippen LogP contribution in [0.15, 0.2) is 41.9 Å². The van der Waals surface area contributed by atoms with Gasteiger partial charge in [-0.1, -0.05) is 29.8 Å². The summed E-state index contributed by atoms with van der Waals surface area (Å²) in [5.41, 5.74) is 2.64. The molecule has 1 N–H and O–H groups in total. The van der Waals surface area contributed by atoms with Crippen molar-refractivity contribution in [3.8, 4) is 0 Å². The quantitative estimate of drug-likeness (QED) is 0.844. The van der Waals surface area contributed by atoms with Crippen LogP contribution >= 0.6 is 0 Å². The van der Waals surface area contributed by atoms with Crippen LogP contribution in [0.4, 0.5) is 5.95 Å². The van der Waals surface area contributed by atoms with Crippen molar-refractivity contribution in [3.63, 3.8) is 0 Å². The topological polar surface area (TPSA) is 75.2 Å². The summed E-state index contributed by atoms with van der Waals surface area (Å²) in [6, 6.07) is 9.40. The zero-order valence-corrected chi connectivity index (χ0v) is 15.7. The summed E-state index contributed by atoms with van der Waals surface area (Å²) in [5.74, 6) is 0.677. The Kier molecular flexibility index (Phi) is 6.00. The van der Waals surface area contributed by atoms with Crippen molar-refractivity contribution < 1.29 is 8.42 Å². The number of piperidine rings is 1. The largest absolute Gasteiger partial charge is 0.341 e. The highest BCUT2D eigenvalue weighted by atomic mass is 32.2. The Morgan fingerprint density at radius 2 is 1.85 bits per heavy atom. The number of aryl methyl sites for hydroxylation is 1. The van der Waals surface area contributed by atoms with E-state index in [1.54, 1.807) is 18.3 Å². The maximum atomic E-state index is 12.2. The number of aromatic nitrogens is 2. The first kappa shape index (κ1) is 18.5. The molecule has 0 unspecified atom stereocenters. The van der Waals surface area contributed by atoms with E-state index in [9.17, 15) is 8.42 Å². The van der Waals surface area contributed by atoms with Gasteiger partial charge in [0.1, 0.15) is 0 Å². The fourth-order valence-corrected chi connectivity index (χ4v) is 3.58. The predicted octanol–water partition coefficient (Wildman–Crippen LogP) is 2.87. The number of nitrogens with one attached hydrogen (secondary N) is 1. The van der Waals surface area contributed by atoms with Gasteiger partial charge in [-0.15, -0.1) is 0 Å². The van der Waals surface area contributed by atoms with Gasteiger partial charge in [-0.25, -0.2) is 23.1 Å². The molecule has 26 heavy (non-hydrogen) atoms. The molecular formula is C19H24N4O2S. The van der Waals surface area contributed by atoms with E-state index in [-0.39, 0.29) is 6.54 Å². The minimum absolute atomic E-state index is 0.143. The molecule has 0 aliphatic carbocycles. The fraction of sp³-hybridized carbons (Fsp3) is 0.368. The van der Waals surface area contributed by atoms with E-state index in [2.05, 4.69) is 19.6 Å². The Bertz CT molecular complexity index is 857. The minimum atomic E-state index is -3.53. The van der Waals surface area contributed by atoms with Gasteiger partial charge in [0.05, 0.1) is 12.2 Å². The highest BCUT2D eigenvalue weighted by Crippen LogP contribution is 2.15. The van der Waals surface area contributed by atoms with Gasteiger partial charge in [0, 0.05) is 24.7 Å². The molecular weight excluding hydrogens is 348 g/mol. The van der Waals surface area contributed by atoms with Crippen LogP contribution in [-0.4, -0.2) is 31.5 Å². The normalized spacial score (nSPS) is 15.5. The summed E-state index contributed by atoms with van der Waals surface area (Å²) in [5, 5.41) is 1.18. The summed E-state index contributed by atoms with van der Waals surface area (Å²) >= 11 is 0. The zero-order valence-electron chi connectivity index (χ0n) is 14.9. The molecule has 0 saturated carbocycles. The van der Waals surface area contributed by atoms with Crippen LogP contribution < -0.4 is 9.62 Å². The van der Waals surface area contributed by atoms with Crippen molar-refractivity contribution in [3.05, 3.63) is 58.8 Å². The van der Waals surface area contributed by atoms with E-state index in [4.69, 9.17) is 0 Å². The first-order chi connectivity index (χ1) is 12.5. The average molecular weight is 372 g/mol. The summed E-state index contributed by atoms with van der Waals surface area (Å²) in [6.45, 7) is 4.04. The van der Waals surface area contributed by atoms with E-state index >= 15 is 0 Å². The third kappa shape index (κ3) is 5.37. The Morgan fingerprint density at radius 3 is 2.58 bits per heavy atom. The Hall–Kier alpha value is -2.25. The molecule has 0 atom stereocenters. The number of hydrogen-bond acceptors (Lipinski definition) is 5. The lowest BCUT2D eigenvalue weighted by molar-refractivity contribution is 0.566. The van der Waals surface area contributed by atoms with E-state index in [0.29, 0.717) is 11.6 Å². The van der Waals surface area contributed by atoms with Gasteiger partial charge in [0.15, 0.2) is 0 Å². The van der Waals surface area contributed by atoms with E-state index in [1.807, 2.05) is 31.2 Å². The van der Waals surface area contributed by atoms with Crippen molar-refractivity contribution in [2.24, 2.45) is 0 Å². The molecule has 0 radical (unpaired) electrons. The first-order valence-electron chi connectivity index (χ1n) is 8.83. The van der Waals surface area contributed by atoms with Crippen LogP contribution in [0.3, 0.4) is 0 Å². The van der Waals surface area contributed by atoms with E-state index in [1.165, 1.54) is 11.8 Å². The van der Waals surface area contributed by atoms with Crippen molar-refractivity contribution in [2.45, 2.75) is 32.7 Å². The third-order valence-electron chi connectivity index (χ3n) is 4.31. The summed E-state index contributed by atoms with van der Waals surface area (Å²) in [4.78, 5) is 11.0. The molecule has 3 rings (SSSR count). The second-order valence-corrected chi connectivity index (χ2v) is 8.13. The summed E-state index contributed by atoms with van der Waals surface area (Å²) < 4.78 is 26.9. The van der Waals surface area contributed by atoms with Gasteiger partial charge < -0.3 is 4.90 Å². The maximum Gasteiger partial charge on any atom is 0.234 e. The molecule has 2 heterocycles. The lowest BCUT2D eigenvalue weighted by Crippen LogP contribution is -2.31. The molecule has 1 aromatic heterocycles. The molecule has 1 aliphatic rings. The van der Waals surface area contributed by atoms with Crippen molar-refractivity contribution in [1.29, 1.82) is 0 Å². The molecule has 1 aromatic carbocycles. The van der Waals surface area contributed by atoms with Crippen molar-refractivity contribution >= 4 is 22.0 Å². The number of sulfonamides is 1. The zero-order chi connectivity index (χ0) is 18.4. The average Bonchev–Trinajstić information content (AvgIpc) is 2.67.